The van der Waals surface area contributed by atoms with Gasteiger partial charge < -0.3 is 9.45 Å². The van der Waals surface area contributed by atoms with Gasteiger partial charge in [0.2, 0.25) is 0 Å². The van der Waals surface area contributed by atoms with Crippen molar-refractivity contribution in [3.8, 4) is 0 Å². The van der Waals surface area contributed by atoms with Crippen LogP contribution in [0.3, 0.4) is 0 Å². The smallest absolute Gasteiger partial charge is 0.332 e. The Morgan fingerprint density at radius 3 is 2.71 bits per heavy atom. The van der Waals surface area contributed by atoms with Gasteiger partial charge in [0.15, 0.2) is 0 Å². The second kappa shape index (κ2) is 6.03. The van der Waals surface area contributed by atoms with E-state index in [1.807, 2.05) is 4.72 Å². The maximum absolute atomic E-state index is 14.3. The molecule has 2 saturated heterocycles. The Balaban J connectivity index is 1.97. The third-order valence-corrected chi connectivity index (χ3v) is 5.60. The third-order valence-electron chi connectivity index (χ3n) is 3.96. The molecular weight excluding hydrogens is 391 g/mol. The van der Waals surface area contributed by atoms with Crippen molar-refractivity contribution in [2.45, 2.75) is 29.0 Å². The number of hydrogen-bond donors (Lipinski definition) is 1. The number of carbonyl (C=O) groups is 2. The van der Waals surface area contributed by atoms with E-state index in [4.69, 9.17) is 23.2 Å². The molecule has 0 spiro atoms. The highest BCUT2D eigenvalue weighted by Crippen LogP contribution is 2.39. The molecule has 0 aromatic heterocycles. The Morgan fingerprint density at radius 2 is 2.12 bits per heavy atom. The number of fused-ring (bicyclic) bond motifs is 1. The van der Waals surface area contributed by atoms with E-state index in [9.17, 15) is 27.1 Å². The van der Waals surface area contributed by atoms with Gasteiger partial charge in [0, 0.05) is 17.7 Å². The summed E-state index contributed by atoms with van der Waals surface area (Å²) >= 11 is 9.06. The standard InChI is InChI=1S/C12H11Cl2F2N3O4S/c13-9-2-6(16)8(3-12(9,14)17-24(22)23)19-10(20)7-1-5(15)4-18(7)11(19)21/h2-3,5,7,9,17H,1,4H2,(H,22,23)/p-1/t5-,7+,9?,12?/m0/s1. The number of rotatable bonds is 3. The minimum atomic E-state index is -2.84. The largest absolute Gasteiger partial charge is 0.760 e. The molecule has 0 aromatic carbocycles. The fourth-order valence-corrected chi connectivity index (χ4v) is 3.98. The summed E-state index contributed by atoms with van der Waals surface area (Å²) in [6, 6.07) is -1.91. The van der Waals surface area contributed by atoms with Crippen LogP contribution in [0.1, 0.15) is 6.42 Å². The third kappa shape index (κ3) is 2.76. The first kappa shape index (κ1) is 17.7. The Labute approximate surface area is 147 Å². The SMILES string of the molecule is O=C1[C@H]2C[C@H](F)CN2C(=O)N1C1=CC(Cl)(NS(=O)[O-])C(Cl)C=C1F. The fraction of sp³-hybridized carbons (Fsp3) is 0.500. The summed E-state index contributed by atoms with van der Waals surface area (Å²) < 4.78 is 51.3. The first-order valence-corrected chi connectivity index (χ1v) is 8.62. The Hall–Kier alpha value is -1.07. The van der Waals surface area contributed by atoms with Crippen LogP contribution in [0.2, 0.25) is 0 Å². The van der Waals surface area contributed by atoms with E-state index >= 15 is 0 Å². The molecule has 132 valence electrons. The maximum Gasteiger partial charge on any atom is 0.332 e. The summed E-state index contributed by atoms with van der Waals surface area (Å²) in [5.74, 6) is -1.81. The summed E-state index contributed by atoms with van der Waals surface area (Å²) in [7, 11) is 0. The van der Waals surface area contributed by atoms with Gasteiger partial charge in [0.25, 0.3) is 5.91 Å². The van der Waals surface area contributed by atoms with Crippen LogP contribution >= 0.6 is 23.2 Å². The number of nitrogens with one attached hydrogen (secondary N) is 1. The zero-order valence-electron chi connectivity index (χ0n) is 11.7. The predicted molar refractivity (Wildman–Crippen MR) is 79.8 cm³/mol. The van der Waals surface area contributed by atoms with Crippen LogP contribution in [-0.4, -0.2) is 59.6 Å². The van der Waals surface area contributed by atoms with Gasteiger partial charge in [-0.15, -0.1) is 11.6 Å². The van der Waals surface area contributed by atoms with E-state index in [1.54, 1.807) is 0 Å². The van der Waals surface area contributed by atoms with Crippen LogP contribution < -0.4 is 4.72 Å². The predicted octanol–water partition coefficient (Wildman–Crippen LogP) is 1.04. The molecule has 2 heterocycles. The van der Waals surface area contributed by atoms with Crippen molar-refractivity contribution in [3.05, 3.63) is 23.7 Å². The van der Waals surface area contributed by atoms with E-state index < -0.39 is 57.3 Å². The van der Waals surface area contributed by atoms with Crippen LogP contribution in [0, 0.1) is 0 Å². The lowest BCUT2D eigenvalue weighted by Crippen LogP contribution is -2.49. The molecule has 3 aliphatic rings. The van der Waals surface area contributed by atoms with Gasteiger partial charge in [-0.05, 0) is 12.2 Å². The van der Waals surface area contributed by atoms with Gasteiger partial charge in [0.1, 0.15) is 23.0 Å². The normalized spacial score (nSPS) is 37.5. The van der Waals surface area contributed by atoms with E-state index in [-0.39, 0.29) is 13.0 Å². The van der Waals surface area contributed by atoms with Crippen molar-refractivity contribution >= 4 is 46.4 Å². The van der Waals surface area contributed by atoms with Crippen LogP contribution in [-0.2, 0) is 16.1 Å². The fourth-order valence-electron chi connectivity index (χ4n) is 2.89. The highest BCUT2D eigenvalue weighted by atomic mass is 35.5. The molecule has 2 fully saturated rings. The van der Waals surface area contributed by atoms with Gasteiger partial charge in [-0.1, -0.05) is 11.6 Å². The Kier molecular flexibility index (Phi) is 4.45. The molecule has 1 N–H and O–H groups in total. The topological polar surface area (TPSA) is 92.8 Å². The number of carbonyl (C=O) groups excluding carboxylic acids is 2. The summed E-state index contributed by atoms with van der Waals surface area (Å²) in [5, 5.41) is -1.30. The van der Waals surface area contributed by atoms with Gasteiger partial charge >= 0.3 is 6.03 Å². The minimum Gasteiger partial charge on any atom is -0.760 e. The molecule has 3 amide bonds. The first-order valence-electron chi connectivity index (χ1n) is 6.73. The lowest BCUT2D eigenvalue weighted by molar-refractivity contribution is -0.126. The number of urea groups is 1. The minimum absolute atomic E-state index is 0.174. The molecule has 3 unspecified atom stereocenters. The van der Waals surface area contributed by atoms with E-state index in [2.05, 4.69) is 0 Å². The van der Waals surface area contributed by atoms with Gasteiger partial charge in [-0.3, -0.25) is 9.00 Å². The summed E-state index contributed by atoms with van der Waals surface area (Å²) in [4.78, 5) is 24.2. The van der Waals surface area contributed by atoms with Crippen LogP contribution in [0.25, 0.3) is 0 Å². The monoisotopic (exact) mass is 400 g/mol. The van der Waals surface area contributed by atoms with Crippen molar-refractivity contribution in [2.24, 2.45) is 0 Å². The van der Waals surface area contributed by atoms with Gasteiger partial charge in [0.05, 0.1) is 17.6 Å². The quantitative estimate of drug-likeness (QED) is 0.331. The number of nitrogens with zero attached hydrogens (tertiary/aromatic N) is 2. The molecule has 5 atom stereocenters. The number of amides is 3. The number of allylic oxidation sites excluding steroid dienone is 1. The number of alkyl halides is 3. The molecule has 0 bridgehead atoms. The van der Waals surface area contributed by atoms with Crippen molar-refractivity contribution in [1.82, 2.24) is 14.5 Å². The zero-order valence-corrected chi connectivity index (χ0v) is 14.1. The van der Waals surface area contributed by atoms with Crippen molar-refractivity contribution in [3.63, 3.8) is 0 Å². The van der Waals surface area contributed by atoms with Crippen molar-refractivity contribution in [1.29, 1.82) is 0 Å². The van der Waals surface area contributed by atoms with Crippen LogP contribution in [0.15, 0.2) is 23.7 Å². The highest BCUT2D eigenvalue weighted by Gasteiger charge is 2.53. The van der Waals surface area contributed by atoms with Crippen LogP contribution in [0.4, 0.5) is 13.6 Å². The highest BCUT2D eigenvalue weighted by molar-refractivity contribution is 7.77. The molecule has 0 radical (unpaired) electrons. The number of halogens is 4. The molecule has 0 saturated carbocycles. The zero-order chi connectivity index (χ0) is 17.8. The van der Waals surface area contributed by atoms with Gasteiger partial charge in [-0.2, -0.15) is 0 Å². The van der Waals surface area contributed by atoms with E-state index in [0.717, 1.165) is 17.1 Å². The number of hydrogen-bond acceptors (Lipinski definition) is 4. The molecule has 2 aliphatic heterocycles. The first-order chi connectivity index (χ1) is 11.1. The molecule has 24 heavy (non-hydrogen) atoms. The van der Waals surface area contributed by atoms with Gasteiger partial charge in [-0.25, -0.2) is 23.2 Å². The summed E-state index contributed by atoms with van der Waals surface area (Å²) in [5.41, 5.74) is -0.528. The average molecular weight is 401 g/mol. The lowest BCUT2D eigenvalue weighted by Gasteiger charge is -2.34. The average Bonchev–Trinajstić information content (AvgIpc) is 2.94. The summed E-state index contributed by atoms with van der Waals surface area (Å²) in [6.07, 6.45) is 0.135. The molecule has 12 heteroatoms. The Bertz CT molecular complexity index is 682. The molecule has 1 aliphatic carbocycles. The van der Waals surface area contributed by atoms with Crippen LogP contribution in [0.5, 0.6) is 0 Å². The molecule has 3 rings (SSSR count). The second-order valence-electron chi connectivity index (χ2n) is 5.51. The number of imide groups is 1. The maximum atomic E-state index is 14.3. The lowest BCUT2D eigenvalue weighted by atomic mass is 10.0. The second-order valence-corrected chi connectivity index (χ2v) is 7.28. The molecular formula is C12H10Cl2F2N3O4S-. The summed E-state index contributed by atoms with van der Waals surface area (Å²) in [6.45, 7) is -0.267. The van der Waals surface area contributed by atoms with Crippen molar-refractivity contribution < 1.29 is 27.1 Å². The molecule has 7 nitrogen and oxygen atoms in total. The van der Waals surface area contributed by atoms with E-state index in [0.29, 0.717) is 4.90 Å². The Morgan fingerprint density at radius 1 is 1.46 bits per heavy atom. The van der Waals surface area contributed by atoms with E-state index in [1.165, 1.54) is 0 Å². The van der Waals surface area contributed by atoms with Crippen molar-refractivity contribution in [2.75, 3.05) is 6.54 Å². The molecule has 0 aromatic rings.